The lowest BCUT2D eigenvalue weighted by atomic mass is 9.82. The number of hydrogen-bond donors (Lipinski definition) is 2. The van der Waals surface area contributed by atoms with Gasteiger partial charge in [-0.05, 0) is 82.0 Å². The Balaban J connectivity index is 1.39. The van der Waals surface area contributed by atoms with Crippen molar-refractivity contribution in [2.24, 2.45) is 0 Å². The fraction of sp³-hybridized carbons (Fsp3) is 0.290. The van der Waals surface area contributed by atoms with Crippen molar-refractivity contribution < 1.29 is 22.3 Å². The molecule has 8 nitrogen and oxygen atoms in total. The summed E-state index contributed by atoms with van der Waals surface area (Å²) in [5.74, 6) is 1.00. The average molecular weight is 656 g/mol. The maximum atomic E-state index is 13.5. The summed E-state index contributed by atoms with van der Waals surface area (Å²) < 4.78 is 49.8. The van der Waals surface area contributed by atoms with Crippen LogP contribution in [0.5, 0.6) is 5.75 Å². The molecule has 4 aromatic rings. The number of rotatable bonds is 12. The summed E-state index contributed by atoms with van der Waals surface area (Å²) in [5.41, 5.74) is 2.54. The highest BCUT2D eigenvalue weighted by Crippen LogP contribution is 2.41. The first-order valence-electron chi connectivity index (χ1n) is 13.6. The maximum absolute atomic E-state index is 13.5. The number of fused-ring (bicyclic) bond motifs is 1. The summed E-state index contributed by atoms with van der Waals surface area (Å²) in [6, 6.07) is 17.8. The molecule has 0 spiro atoms. The maximum Gasteiger partial charge on any atom is 0.152 e. The Morgan fingerprint density at radius 1 is 1.14 bits per heavy atom. The molecule has 0 saturated carbocycles. The molecule has 3 aromatic carbocycles. The van der Waals surface area contributed by atoms with Gasteiger partial charge in [0.25, 0.3) is 0 Å². The Kier molecular flexibility index (Phi) is 9.10. The van der Waals surface area contributed by atoms with Gasteiger partial charge in [0, 0.05) is 30.3 Å². The van der Waals surface area contributed by atoms with Crippen LogP contribution in [-0.2, 0) is 26.8 Å². The second kappa shape index (κ2) is 12.8. The van der Waals surface area contributed by atoms with E-state index in [1.54, 1.807) is 12.3 Å². The zero-order valence-corrected chi connectivity index (χ0v) is 25.7. The summed E-state index contributed by atoms with van der Waals surface area (Å²) in [5, 5.41) is 7.63. The van der Waals surface area contributed by atoms with Crippen LogP contribution in [0, 0.1) is 5.82 Å². The van der Waals surface area contributed by atoms with Crippen LogP contribution in [0.15, 0.2) is 83.8 Å². The van der Waals surface area contributed by atoms with E-state index in [9.17, 15) is 12.8 Å². The Bertz CT molecular complexity index is 1710. The summed E-state index contributed by atoms with van der Waals surface area (Å²) in [4.78, 5) is 8.99. The molecule has 2 heterocycles. The van der Waals surface area contributed by atoms with E-state index >= 15 is 0 Å². The third-order valence-electron chi connectivity index (χ3n) is 7.23. The van der Waals surface area contributed by atoms with Crippen LogP contribution >= 0.6 is 15.9 Å². The molecule has 0 saturated heterocycles. The van der Waals surface area contributed by atoms with Gasteiger partial charge in [0.05, 0.1) is 28.0 Å². The highest BCUT2D eigenvalue weighted by Gasteiger charge is 2.42. The topological polar surface area (TPSA) is 102 Å². The zero-order valence-electron chi connectivity index (χ0n) is 23.3. The van der Waals surface area contributed by atoms with Crippen LogP contribution in [0.25, 0.3) is 10.9 Å². The fourth-order valence-corrected chi connectivity index (χ4v) is 6.13. The van der Waals surface area contributed by atoms with Crippen molar-refractivity contribution in [2.75, 3.05) is 23.9 Å². The van der Waals surface area contributed by atoms with Gasteiger partial charge in [-0.1, -0.05) is 25.1 Å². The van der Waals surface area contributed by atoms with Crippen molar-refractivity contribution in [3.05, 3.63) is 101 Å². The molecule has 0 fully saturated rings. The molecule has 1 aromatic heterocycles. The molecule has 42 heavy (non-hydrogen) atoms. The Hall–Kier alpha value is -3.54. The minimum absolute atomic E-state index is 0.0524. The number of hydrogen-bond acceptors (Lipinski definition) is 8. The third kappa shape index (κ3) is 6.91. The lowest BCUT2D eigenvalue weighted by molar-refractivity contribution is 0.00159. The number of aromatic nitrogens is 2. The first-order valence-corrected chi connectivity index (χ1v) is 16.5. The van der Waals surface area contributed by atoms with Gasteiger partial charge >= 0.3 is 0 Å². The van der Waals surface area contributed by atoms with Crippen LogP contribution in [0.4, 0.5) is 15.9 Å². The Morgan fingerprint density at radius 3 is 2.71 bits per heavy atom. The summed E-state index contributed by atoms with van der Waals surface area (Å²) in [7, 11) is -3.09. The predicted molar refractivity (Wildman–Crippen MR) is 166 cm³/mol. The van der Waals surface area contributed by atoms with Crippen LogP contribution < -0.4 is 15.4 Å². The monoisotopic (exact) mass is 654 g/mol. The van der Waals surface area contributed by atoms with Gasteiger partial charge in [-0.3, -0.25) is 0 Å². The SMILES string of the molecule is CCC(NCCS(C)(=O)=O)C1(c2ccc3ncnc(Nc4ccc(OCc5cccc(F)c5)c(Br)c4)c3c2)CC=CO1. The van der Waals surface area contributed by atoms with Crippen LogP contribution in [0.2, 0.25) is 0 Å². The summed E-state index contributed by atoms with van der Waals surface area (Å²) >= 11 is 3.58. The first-order chi connectivity index (χ1) is 20.2. The van der Waals surface area contributed by atoms with Crippen molar-refractivity contribution >= 4 is 48.2 Å². The number of ether oxygens (including phenoxy) is 2. The largest absolute Gasteiger partial charge is 0.489 e. The number of nitrogens with one attached hydrogen (secondary N) is 2. The van der Waals surface area contributed by atoms with Crippen LogP contribution in [0.1, 0.15) is 30.9 Å². The molecule has 1 aliphatic heterocycles. The molecule has 220 valence electrons. The smallest absolute Gasteiger partial charge is 0.152 e. The van der Waals surface area contributed by atoms with Gasteiger partial charge < -0.3 is 20.1 Å². The third-order valence-corrected chi connectivity index (χ3v) is 8.80. The molecule has 0 aliphatic carbocycles. The second-order valence-electron chi connectivity index (χ2n) is 10.3. The summed E-state index contributed by atoms with van der Waals surface area (Å²) in [6.07, 6.45) is 7.83. The van der Waals surface area contributed by atoms with E-state index in [0.717, 1.165) is 38.6 Å². The molecular formula is C31H32BrFN4O4S. The van der Waals surface area contributed by atoms with E-state index in [2.05, 4.69) is 43.5 Å². The van der Waals surface area contributed by atoms with Gasteiger partial charge in [-0.25, -0.2) is 22.8 Å². The standard InChI is InChI=1S/C31H32BrFN4O4S/c1-3-29(34-13-15-42(2,38)39)31(12-5-14-41-31)22-8-10-27-25(17-22)30(36-20-35-27)37-24-9-11-28(26(32)18-24)40-19-21-6-4-7-23(33)16-21/h4-11,14,16-18,20,29,34H,3,12-13,15,19H2,1-2H3,(H,35,36,37). The van der Waals surface area contributed by atoms with Crippen LogP contribution in [0.3, 0.4) is 0 Å². The predicted octanol–water partition coefficient (Wildman–Crippen LogP) is 6.40. The summed E-state index contributed by atoms with van der Waals surface area (Å²) in [6.45, 7) is 2.63. The molecular weight excluding hydrogens is 623 g/mol. The van der Waals surface area contributed by atoms with E-state index in [0.29, 0.717) is 24.5 Å². The highest BCUT2D eigenvalue weighted by atomic mass is 79.9. The lowest BCUT2D eigenvalue weighted by Crippen LogP contribution is -2.49. The van der Waals surface area contributed by atoms with Gasteiger partial charge in [0.2, 0.25) is 0 Å². The van der Waals surface area contributed by atoms with E-state index < -0.39 is 15.4 Å². The normalized spacial score (nSPS) is 17.2. The molecule has 2 unspecified atom stereocenters. The Labute approximate surface area is 253 Å². The second-order valence-corrected chi connectivity index (χ2v) is 13.4. The van der Waals surface area contributed by atoms with Gasteiger partial charge in [0.15, 0.2) is 5.60 Å². The average Bonchev–Trinajstić information content (AvgIpc) is 3.45. The highest BCUT2D eigenvalue weighted by molar-refractivity contribution is 9.10. The molecule has 0 radical (unpaired) electrons. The molecule has 5 rings (SSSR count). The quantitative estimate of drug-likeness (QED) is 0.181. The van der Waals surface area contributed by atoms with Crippen molar-refractivity contribution in [3.63, 3.8) is 0 Å². The number of benzene rings is 3. The van der Waals surface area contributed by atoms with Crippen LogP contribution in [-0.4, -0.2) is 43.0 Å². The minimum atomic E-state index is -3.09. The molecule has 2 N–H and O–H groups in total. The van der Waals surface area contributed by atoms with E-state index in [1.807, 2.05) is 48.5 Å². The van der Waals surface area contributed by atoms with E-state index in [-0.39, 0.29) is 24.2 Å². The molecule has 1 aliphatic rings. The van der Waals surface area contributed by atoms with Gasteiger partial charge in [-0.15, -0.1) is 0 Å². The van der Waals surface area contributed by atoms with Crippen molar-refractivity contribution in [3.8, 4) is 5.75 Å². The van der Waals surface area contributed by atoms with E-state index in [4.69, 9.17) is 9.47 Å². The number of anilines is 2. The molecule has 2 atom stereocenters. The number of sulfone groups is 1. The molecule has 11 heteroatoms. The molecule has 0 amide bonds. The molecule has 0 bridgehead atoms. The van der Waals surface area contributed by atoms with Gasteiger partial charge in [-0.2, -0.15) is 0 Å². The minimum Gasteiger partial charge on any atom is -0.489 e. The lowest BCUT2D eigenvalue weighted by Gasteiger charge is -2.37. The number of halogens is 2. The number of nitrogens with zero attached hydrogens (tertiary/aromatic N) is 2. The van der Waals surface area contributed by atoms with Crippen molar-refractivity contribution in [1.29, 1.82) is 0 Å². The Morgan fingerprint density at radius 2 is 2.00 bits per heavy atom. The van der Waals surface area contributed by atoms with Gasteiger partial charge in [0.1, 0.15) is 40.2 Å². The van der Waals surface area contributed by atoms with Crippen molar-refractivity contribution in [2.45, 2.75) is 38.0 Å². The van der Waals surface area contributed by atoms with E-state index in [1.165, 1.54) is 24.7 Å². The first kappa shape index (κ1) is 29.9. The fourth-order valence-electron chi connectivity index (χ4n) is 5.15. The zero-order chi connectivity index (χ0) is 29.7. The van der Waals surface area contributed by atoms with Crippen molar-refractivity contribution in [1.82, 2.24) is 15.3 Å².